The predicted molar refractivity (Wildman–Crippen MR) is 48.1 cm³/mol. The van der Waals surface area contributed by atoms with Crippen LogP contribution in [0.4, 0.5) is 26.3 Å². The zero-order valence-electron chi connectivity index (χ0n) is 8.78. The third-order valence-electron chi connectivity index (χ3n) is 2.12. The fraction of sp³-hybridized carbons (Fsp3) is 0.300. The molecule has 0 atom stereocenters. The van der Waals surface area contributed by atoms with Gasteiger partial charge in [-0.3, -0.25) is 4.79 Å². The van der Waals surface area contributed by atoms with Crippen molar-refractivity contribution in [1.29, 1.82) is 0 Å². The summed E-state index contributed by atoms with van der Waals surface area (Å²) in [7, 11) is 0. The Balaban J connectivity index is 3.63. The van der Waals surface area contributed by atoms with Gasteiger partial charge in [0.2, 0.25) is 0 Å². The Morgan fingerprint density at radius 2 is 1.56 bits per heavy atom. The molecule has 1 rings (SSSR count). The van der Waals surface area contributed by atoms with E-state index >= 15 is 0 Å². The predicted octanol–water partition coefficient (Wildman–Crippen LogP) is 3.63. The molecule has 0 fully saturated rings. The average molecular weight is 272 g/mol. The molecule has 0 bridgehead atoms. The van der Waals surface area contributed by atoms with Crippen molar-refractivity contribution < 1.29 is 36.2 Å². The van der Waals surface area contributed by atoms with E-state index in [0.717, 1.165) is 6.92 Å². The van der Waals surface area contributed by atoms with Gasteiger partial charge in [0.05, 0.1) is 16.7 Å². The standard InChI is InChI=1S/C10H6F6O2/c1-4(17)6-2-5(9(11,12)13)3-7(8(6)18)10(14,15)16/h2-3,18H,1H3. The lowest BCUT2D eigenvalue weighted by Gasteiger charge is -2.15. The zero-order chi connectivity index (χ0) is 14.3. The van der Waals surface area contributed by atoms with Crippen molar-refractivity contribution in [2.45, 2.75) is 19.3 Å². The van der Waals surface area contributed by atoms with Crippen LogP contribution in [0.3, 0.4) is 0 Å². The lowest BCUT2D eigenvalue weighted by molar-refractivity contribution is -0.143. The second kappa shape index (κ2) is 4.18. The minimum Gasteiger partial charge on any atom is -0.507 e. The minimum absolute atomic E-state index is 0.187. The number of ketones is 1. The van der Waals surface area contributed by atoms with Crippen LogP contribution in [0.1, 0.15) is 28.4 Å². The summed E-state index contributed by atoms with van der Waals surface area (Å²) in [5.41, 5.74) is -4.54. The van der Waals surface area contributed by atoms with Crippen LogP contribution in [0, 0.1) is 0 Å². The SMILES string of the molecule is CC(=O)c1cc(C(F)(F)F)cc(C(F)(F)F)c1O. The van der Waals surface area contributed by atoms with Crippen LogP contribution in [-0.2, 0) is 12.4 Å². The molecule has 2 nitrogen and oxygen atoms in total. The largest absolute Gasteiger partial charge is 0.507 e. The molecule has 1 aromatic rings. The van der Waals surface area contributed by atoms with Crippen molar-refractivity contribution in [2.24, 2.45) is 0 Å². The molecule has 0 aromatic heterocycles. The average Bonchev–Trinajstić information content (AvgIpc) is 2.13. The van der Waals surface area contributed by atoms with E-state index in [4.69, 9.17) is 0 Å². The summed E-state index contributed by atoms with van der Waals surface area (Å²) in [6, 6.07) is -0.0469. The molecule has 0 aliphatic rings. The summed E-state index contributed by atoms with van der Waals surface area (Å²) in [4.78, 5) is 10.9. The van der Waals surface area contributed by atoms with Gasteiger partial charge in [-0.25, -0.2) is 0 Å². The smallest absolute Gasteiger partial charge is 0.419 e. The van der Waals surface area contributed by atoms with E-state index in [2.05, 4.69) is 0 Å². The summed E-state index contributed by atoms with van der Waals surface area (Å²) < 4.78 is 74.4. The maximum Gasteiger partial charge on any atom is 0.419 e. The molecule has 0 spiro atoms. The second-order valence-corrected chi connectivity index (χ2v) is 3.47. The van der Waals surface area contributed by atoms with Crippen LogP contribution in [0.25, 0.3) is 0 Å². The Kier molecular flexibility index (Phi) is 3.33. The van der Waals surface area contributed by atoms with Gasteiger partial charge in [0.1, 0.15) is 5.75 Å². The summed E-state index contributed by atoms with van der Waals surface area (Å²) >= 11 is 0. The maximum atomic E-state index is 12.4. The molecule has 0 saturated carbocycles. The van der Waals surface area contributed by atoms with Gasteiger partial charge in [-0.15, -0.1) is 0 Å². The molecule has 1 aromatic carbocycles. The normalized spacial score (nSPS) is 12.6. The fourth-order valence-electron chi connectivity index (χ4n) is 1.28. The highest BCUT2D eigenvalue weighted by atomic mass is 19.4. The lowest BCUT2D eigenvalue weighted by atomic mass is 10.0. The summed E-state index contributed by atoms with van der Waals surface area (Å²) in [5, 5.41) is 9.18. The molecule has 0 radical (unpaired) electrons. The van der Waals surface area contributed by atoms with E-state index in [1.54, 1.807) is 0 Å². The van der Waals surface area contributed by atoms with Crippen LogP contribution >= 0.6 is 0 Å². The van der Waals surface area contributed by atoms with Crippen molar-refractivity contribution >= 4 is 5.78 Å². The number of alkyl halides is 6. The number of phenols is 1. The van der Waals surface area contributed by atoms with Gasteiger partial charge in [0, 0.05) is 0 Å². The number of hydrogen-bond donors (Lipinski definition) is 1. The van der Waals surface area contributed by atoms with Gasteiger partial charge in [-0.05, 0) is 19.1 Å². The highest BCUT2D eigenvalue weighted by molar-refractivity contribution is 5.97. The first-order chi connectivity index (χ1) is 7.94. The summed E-state index contributed by atoms with van der Waals surface area (Å²) in [6.07, 6.45) is -10.2. The van der Waals surface area contributed by atoms with Crippen LogP contribution < -0.4 is 0 Å². The van der Waals surface area contributed by atoms with E-state index in [0.29, 0.717) is 0 Å². The Morgan fingerprint density at radius 3 is 1.89 bits per heavy atom. The van der Waals surface area contributed by atoms with E-state index in [9.17, 15) is 36.2 Å². The number of halogens is 6. The fourth-order valence-corrected chi connectivity index (χ4v) is 1.28. The van der Waals surface area contributed by atoms with Crippen molar-refractivity contribution in [3.8, 4) is 5.75 Å². The molecule has 8 heteroatoms. The van der Waals surface area contributed by atoms with Crippen LogP contribution in [-0.4, -0.2) is 10.9 Å². The van der Waals surface area contributed by atoms with Gasteiger partial charge in [-0.1, -0.05) is 0 Å². The van der Waals surface area contributed by atoms with Gasteiger partial charge < -0.3 is 5.11 Å². The van der Waals surface area contributed by atoms with Crippen LogP contribution in [0.2, 0.25) is 0 Å². The monoisotopic (exact) mass is 272 g/mol. The van der Waals surface area contributed by atoms with E-state index in [1.807, 2.05) is 0 Å². The summed E-state index contributed by atoms with van der Waals surface area (Å²) in [5.74, 6) is -2.59. The first-order valence-electron chi connectivity index (χ1n) is 4.47. The third kappa shape index (κ3) is 2.74. The molecule has 0 unspecified atom stereocenters. The molecule has 0 amide bonds. The Morgan fingerprint density at radius 1 is 1.06 bits per heavy atom. The number of hydrogen-bond acceptors (Lipinski definition) is 2. The van der Waals surface area contributed by atoms with Gasteiger partial charge in [0.25, 0.3) is 0 Å². The van der Waals surface area contributed by atoms with Crippen molar-refractivity contribution in [3.63, 3.8) is 0 Å². The quantitative estimate of drug-likeness (QED) is 0.626. The highest BCUT2D eigenvalue weighted by Crippen LogP contribution is 2.41. The van der Waals surface area contributed by atoms with Crippen molar-refractivity contribution in [2.75, 3.05) is 0 Å². The number of aromatic hydroxyl groups is 1. The Bertz CT molecular complexity index is 486. The van der Waals surface area contributed by atoms with Gasteiger partial charge in [0.15, 0.2) is 5.78 Å². The number of benzene rings is 1. The molecule has 0 saturated heterocycles. The number of carbonyl (C=O) groups excluding carboxylic acids is 1. The number of rotatable bonds is 1. The van der Waals surface area contributed by atoms with Crippen LogP contribution in [0.5, 0.6) is 5.75 Å². The highest BCUT2D eigenvalue weighted by Gasteiger charge is 2.40. The topological polar surface area (TPSA) is 37.3 Å². The zero-order valence-corrected chi connectivity index (χ0v) is 8.78. The van der Waals surface area contributed by atoms with Crippen molar-refractivity contribution in [3.05, 3.63) is 28.8 Å². The van der Waals surface area contributed by atoms with E-state index in [1.165, 1.54) is 0 Å². The number of carbonyl (C=O) groups is 1. The first-order valence-corrected chi connectivity index (χ1v) is 4.47. The molecule has 18 heavy (non-hydrogen) atoms. The minimum atomic E-state index is -5.18. The molecule has 0 aliphatic heterocycles. The second-order valence-electron chi connectivity index (χ2n) is 3.47. The lowest BCUT2D eigenvalue weighted by Crippen LogP contribution is -2.13. The van der Waals surface area contributed by atoms with Crippen LogP contribution in [0.15, 0.2) is 12.1 Å². The molecule has 100 valence electrons. The molecule has 0 aliphatic carbocycles. The first kappa shape index (κ1) is 14.3. The van der Waals surface area contributed by atoms with E-state index in [-0.39, 0.29) is 12.1 Å². The maximum absolute atomic E-state index is 12.4. The molecule has 0 heterocycles. The molecular weight excluding hydrogens is 266 g/mol. The van der Waals surface area contributed by atoms with Gasteiger partial charge >= 0.3 is 12.4 Å². The molecular formula is C10H6F6O2. The third-order valence-corrected chi connectivity index (χ3v) is 2.12. The Hall–Kier alpha value is -1.73. The number of phenolic OH excluding ortho intramolecular Hbond substituents is 1. The van der Waals surface area contributed by atoms with Crippen molar-refractivity contribution in [1.82, 2.24) is 0 Å². The number of Topliss-reactive ketones (excluding diaryl/α,β-unsaturated/α-hetero) is 1. The van der Waals surface area contributed by atoms with E-state index < -0.39 is 40.6 Å². The summed E-state index contributed by atoms with van der Waals surface area (Å²) in [6.45, 7) is 0.759. The van der Waals surface area contributed by atoms with Gasteiger partial charge in [-0.2, -0.15) is 26.3 Å². The Labute approximate surface area is 96.8 Å². The molecule has 1 N–H and O–H groups in total.